The Hall–Kier alpha value is -4.47. The first-order valence-corrected chi connectivity index (χ1v) is 11.0. The number of aromatic nitrogens is 5. The van der Waals surface area contributed by atoms with Gasteiger partial charge in [0.15, 0.2) is 5.65 Å². The molecule has 0 saturated carbocycles. The molecule has 2 amide bonds. The number of benzene rings is 1. The van der Waals surface area contributed by atoms with E-state index >= 15 is 0 Å². The van der Waals surface area contributed by atoms with E-state index in [0.717, 1.165) is 28.9 Å². The number of nitrogens with one attached hydrogen (secondary N) is 3. The molecule has 3 aromatic heterocycles. The number of likely N-dealkylation sites (tertiary alicyclic amines) is 1. The molecule has 34 heavy (non-hydrogen) atoms. The van der Waals surface area contributed by atoms with Gasteiger partial charge in [0.1, 0.15) is 0 Å². The fourth-order valence-electron chi connectivity index (χ4n) is 4.15. The first-order chi connectivity index (χ1) is 16.5. The van der Waals surface area contributed by atoms with E-state index < -0.39 is 0 Å². The number of hydrogen-bond donors (Lipinski definition) is 3. The normalized spacial score (nSPS) is 15.4. The molecular weight excluding hydrogens is 432 g/mol. The van der Waals surface area contributed by atoms with Crippen LogP contribution in [0.25, 0.3) is 16.8 Å². The van der Waals surface area contributed by atoms with E-state index in [2.05, 4.69) is 37.5 Å². The zero-order chi connectivity index (χ0) is 23.7. The second kappa shape index (κ2) is 8.81. The molecule has 0 radical (unpaired) electrons. The fraction of sp³-hybridized carbons (Fsp3) is 0.208. The van der Waals surface area contributed by atoms with Gasteiger partial charge in [0.25, 0.3) is 5.91 Å². The Balaban J connectivity index is 1.25. The van der Waals surface area contributed by atoms with Gasteiger partial charge in [0.05, 0.1) is 6.20 Å². The molecule has 5 rings (SSSR count). The number of carbonyl (C=O) groups excluding carboxylic acids is 2. The van der Waals surface area contributed by atoms with Gasteiger partial charge < -0.3 is 15.5 Å². The van der Waals surface area contributed by atoms with Crippen molar-refractivity contribution in [3.05, 3.63) is 72.7 Å². The van der Waals surface area contributed by atoms with Crippen molar-refractivity contribution >= 4 is 29.1 Å². The van der Waals surface area contributed by atoms with Crippen molar-refractivity contribution in [2.24, 2.45) is 0 Å². The lowest BCUT2D eigenvalue weighted by molar-refractivity contribution is -0.111. The smallest absolute Gasteiger partial charge is 0.253 e. The molecule has 10 heteroatoms. The summed E-state index contributed by atoms with van der Waals surface area (Å²) in [6, 6.07) is 10.8. The van der Waals surface area contributed by atoms with Gasteiger partial charge in [-0.3, -0.25) is 14.7 Å². The standard InChI is InChI=1S/C24H24N8O2/c1-3-22(33)27-18-6-4-16(5-7-18)23(34)31-11-10-19(14-31)28-24-29-21-9-8-20(15(2)32(21)30-24)17-12-25-26-13-17/h3-9,12-13,19H,1,10-11,14H2,2H3,(H,25,26)(H,27,33)(H,28,30)/t19-/m1/s1. The fourth-order valence-corrected chi connectivity index (χ4v) is 4.15. The number of anilines is 2. The quantitative estimate of drug-likeness (QED) is 0.384. The summed E-state index contributed by atoms with van der Waals surface area (Å²) in [6.07, 6.45) is 5.63. The van der Waals surface area contributed by atoms with E-state index in [1.807, 2.05) is 34.7 Å². The second-order valence-electron chi connectivity index (χ2n) is 8.18. The summed E-state index contributed by atoms with van der Waals surface area (Å²) in [6.45, 7) is 6.63. The average Bonchev–Trinajstić information content (AvgIpc) is 3.61. The van der Waals surface area contributed by atoms with Crippen molar-refractivity contribution in [1.82, 2.24) is 29.7 Å². The number of hydrogen-bond acceptors (Lipinski definition) is 6. The number of fused-ring (bicyclic) bond motifs is 1. The van der Waals surface area contributed by atoms with Crippen LogP contribution in [-0.4, -0.2) is 60.6 Å². The zero-order valence-corrected chi connectivity index (χ0v) is 18.7. The number of amides is 2. The van der Waals surface area contributed by atoms with Crippen LogP contribution < -0.4 is 10.6 Å². The lowest BCUT2D eigenvalue weighted by Crippen LogP contribution is -2.31. The summed E-state index contributed by atoms with van der Waals surface area (Å²) in [5.41, 5.74) is 4.94. The van der Waals surface area contributed by atoms with Gasteiger partial charge in [-0.1, -0.05) is 6.58 Å². The van der Waals surface area contributed by atoms with Crippen LogP contribution in [0.3, 0.4) is 0 Å². The summed E-state index contributed by atoms with van der Waals surface area (Å²) in [5, 5.41) is 17.5. The van der Waals surface area contributed by atoms with Crippen LogP contribution in [0.5, 0.6) is 0 Å². The van der Waals surface area contributed by atoms with Crippen LogP contribution in [0.2, 0.25) is 0 Å². The Morgan fingerprint density at radius 3 is 2.76 bits per heavy atom. The predicted octanol–water partition coefficient (Wildman–Crippen LogP) is 2.88. The molecule has 0 aliphatic carbocycles. The lowest BCUT2D eigenvalue weighted by Gasteiger charge is -2.17. The van der Waals surface area contributed by atoms with E-state index in [-0.39, 0.29) is 17.9 Å². The SMILES string of the molecule is C=CC(=O)Nc1ccc(C(=O)N2CC[C@@H](Nc3nc4ccc(-c5cn[nH]c5)c(C)n4n3)C2)cc1. The highest BCUT2D eigenvalue weighted by molar-refractivity contribution is 5.99. The Morgan fingerprint density at radius 2 is 2.03 bits per heavy atom. The molecule has 0 spiro atoms. The van der Waals surface area contributed by atoms with Gasteiger partial charge in [-0.05, 0) is 55.8 Å². The molecule has 1 fully saturated rings. The number of H-pyrrole nitrogens is 1. The van der Waals surface area contributed by atoms with Gasteiger partial charge >= 0.3 is 0 Å². The maximum atomic E-state index is 12.9. The first-order valence-electron chi connectivity index (χ1n) is 11.0. The molecule has 0 bridgehead atoms. The minimum Gasteiger partial charge on any atom is -0.348 e. The largest absolute Gasteiger partial charge is 0.348 e. The Kier molecular flexibility index (Phi) is 5.54. The number of carbonyl (C=O) groups is 2. The van der Waals surface area contributed by atoms with Crippen molar-refractivity contribution in [3.8, 4) is 11.1 Å². The monoisotopic (exact) mass is 456 g/mol. The molecule has 10 nitrogen and oxygen atoms in total. The first kappa shape index (κ1) is 21.4. The highest BCUT2D eigenvalue weighted by Crippen LogP contribution is 2.24. The van der Waals surface area contributed by atoms with Crippen molar-refractivity contribution < 1.29 is 9.59 Å². The van der Waals surface area contributed by atoms with Crippen LogP contribution in [-0.2, 0) is 4.79 Å². The van der Waals surface area contributed by atoms with Crippen LogP contribution in [0.1, 0.15) is 22.5 Å². The van der Waals surface area contributed by atoms with Gasteiger partial charge in [0.2, 0.25) is 11.9 Å². The molecule has 4 heterocycles. The third kappa shape index (κ3) is 4.13. The van der Waals surface area contributed by atoms with Gasteiger partial charge in [-0.15, -0.1) is 5.10 Å². The summed E-state index contributed by atoms with van der Waals surface area (Å²) in [5.74, 6) is 0.199. The van der Waals surface area contributed by atoms with E-state index in [9.17, 15) is 9.59 Å². The summed E-state index contributed by atoms with van der Waals surface area (Å²) < 4.78 is 1.81. The molecule has 1 aromatic carbocycles. The topological polar surface area (TPSA) is 120 Å². The van der Waals surface area contributed by atoms with Crippen LogP contribution in [0, 0.1) is 6.92 Å². The second-order valence-corrected chi connectivity index (χ2v) is 8.18. The average molecular weight is 457 g/mol. The van der Waals surface area contributed by atoms with Crippen molar-refractivity contribution in [3.63, 3.8) is 0 Å². The lowest BCUT2D eigenvalue weighted by atomic mass is 10.1. The van der Waals surface area contributed by atoms with E-state index in [0.29, 0.717) is 30.3 Å². The van der Waals surface area contributed by atoms with Crippen molar-refractivity contribution in [2.75, 3.05) is 23.7 Å². The molecule has 1 aliphatic heterocycles. The van der Waals surface area contributed by atoms with E-state index in [4.69, 9.17) is 0 Å². The van der Waals surface area contributed by atoms with Gasteiger partial charge in [0, 0.05) is 53.4 Å². The highest BCUT2D eigenvalue weighted by atomic mass is 16.2. The third-order valence-electron chi connectivity index (χ3n) is 5.94. The maximum Gasteiger partial charge on any atom is 0.253 e. The summed E-state index contributed by atoms with van der Waals surface area (Å²) in [7, 11) is 0. The maximum absolute atomic E-state index is 12.9. The summed E-state index contributed by atoms with van der Waals surface area (Å²) >= 11 is 0. The Morgan fingerprint density at radius 1 is 1.21 bits per heavy atom. The summed E-state index contributed by atoms with van der Waals surface area (Å²) in [4.78, 5) is 30.7. The Labute approximate surface area is 195 Å². The number of aryl methyl sites for hydroxylation is 1. The van der Waals surface area contributed by atoms with Crippen LogP contribution in [0.15, 0.2) is 61.4 Å². The number of pyridine rings is 1. The number of rotatable bonds is 6. The van der Waals surface area contributed by atoms with Gasteiger partial charge in [-0.25, -0.2) is 4.52 Å². The molecule has 3 N–H and O–H groups in total. The zero-order valence-electron chi connectivity index (χ0n) is 18.7. The van der Waals surface area contributed by atoms with E-state index in [1.165, 1.54) is 6.08 Å². The third-order valence-corrected chi connectivity index (χ3v) is 5.94. The minimum absolute atomic E-state index is 0.0468. The van der Waals surface area contributed by atoms with Crippen LogP contribution >= 0.6 is 0 Å². The molecule has 1 saturated heterocycles. The van der Waals surface area contributed by atoms with E-state index in [1.54, 1.807) is 30.5 Å². The number of aromatic amines is 1. The Bertz CT molecular complexity index is 1360. The number of nitrogens with zero attached hydrogens (tertiary/aromatic N) is 5. The molecule has 1 atom stereocenters. The van der Waals surface area contributed by atoms with Crippen molar-refractivity contribution in [2.45, 2.75) is 19.4 Å². The predicted molar refractivity (Wildman–Crippen MR) is 129 cm³/mol. The molecule has 172 valence electrons. The minimum atomic E-state index is -0.291. The van der Waals surface area contributed by atoms with Crippen molar-refractivity contribution in [1.29, 1.82) is 0 Å². The molecule has 0 unspecified atom stereocenters. The molecular formula is C24H24N8O2. The molecule has 1 aliphatic rings. The highest BCUT2D eigenvalue weighted by Gasteiger charge is 2.28. The molecule has 4 aromatic rings. The van der Waals surface area contributed by atoms with Gasteiger partial charge in [-0.2, -0.15) is 10.1 Å². The van der Waals surface area contributed by atoms with Crippen LogP contribution in [0.4, 0.5) is 11.6 Å².